The summed E-state index contributed by atoms with van der Waals surface area (Å²) in [6, 6.07) is 21.5. The van der Waals surface area contributed by atoms with E-state index >= 15 is 0 Å². The smallest absolute Gasteiger partial charge is 0.433 e. The van der Waals surface area contributed by atoms with Crippen molar-refractivity contribution in [2.24, 2.45) is 0 Å². The summed E-state index contributed by atoms with van der Waals surface area (Å²) in [5.74, 6) is -0.0664. The van der Waals surface area contributed by atoms with Crippen LogP contribution in [-0.4, -0.2) is 26.0 Å². The number of hydrogen-bond acceptors (Lipinski definition) is 7. The summed E-state index contributed by atoms with van der Waals surface area (Å²) in [6.45, 7) is 1.46. The van der Waals surface area contributed by atoms with E-state index in [1.165, 1.54) is 19.1 Å². The summed E-state index contributed by atoms with van der Waals surface area (Å²) in [5, 5.41) is 12.8. The number of para-hydroxylation sites is 1. The molecule has 4 rings (SSSR count). The Morgan fingerprint density at radius 1 is 0.974 bits per heavy atom. The van der Waals surface area contributed by atoms with Crippen molar-refractivity contribution in [3.63, 3.8) is 0 Å². The SMILES string of the molecule is C[C@H](Sc1nc(-c2ccccc2)cc(C(F)(F)F)n1)C(=O)Nc1cc(Oc2ccccc2)cc([N+](=O)[O-])c1. The second kappa shape index (κ2) is 11.3. The molecule has 1 heterocycles. The van der Waals surface area contributed by atoms with Crippen LogP contribution in [0.15, 0.2) is 90.1 Å². The number of carbonyl (C=O) groups excluding carboxylic acids is 1. The van der Waals surface area contributed by atoms with Crippen LogP contribution in [0.4, 0.5) is 24.5 Å². The Balaban J connectivity index is 1.56. The topological polar surface area (TPSA) is 107 Å². The average molecular weight is 541 g/mol. The number of thioether (sulfide) groups is 1. The highest BCUT2D eigenvalue weighted by Crippen LogP contribution is 2.34. The van der Waals surface area contributed by atoms with Crippen molar-refractivity contribution in [3.05, 3.63) is 101 Å². The number of rotatable bonds is 8. The molecule has 0 spiro atoms. The largest absolute Gasteiger partial charge is 0.457 e. The van der Waals surface area contributed by atoms with Crippen LogP contribution in [0, 0.1) is 10.1 Å². The van der Waals surface area contributed by atoms with Crippen molar-refractivity contribution in [1.82, 2.24) is 9.97 Å². The number of hydrogen-bond donors (Lipinski definition) is 1. The normalized spacial score (nSPS) is 12.0. The molecule has 1 N–H and O–H groups in total. The minimum atomic E-state index is -4.72. The van der Waals surface area contributed by atoms with Crippen molar-refractivity contribution >= 4 is 29.0 Å². The van der Waals surface area contributed by atoms with Gasteiger partial charge in [0.15, 0.2) is 5.16 Å². The molecule has 0 aliphatic heterocycles. The molecule has 8 nitrogen and oxygen atoms in total. The fourth-order valence-corrected chi connectivity index (χ4v) is 4.06. The molecule has 0 unspecified atom stereocenters. The summed E-state index contributed by atoms with van der Waals surface area (Å²) >= 11 is 0.728. The lowest BCUT2D eigenvalue weighted by molar-refractivity contribution is -0.384. The van der Waals surface area contributed by atoms with Crippen molar-refractivity contribution in [2.45, 2.75) is 23.5 Å². The molecule has 0 aliphatic carbocycles. The summed E-state index contributed by atoms with van der Waals surface area (Å²) in [6.07, 6.45) is -4.72. The number of nitro groups is 1. The number of anilines is 1. The molecular weight excluding hydrogens is 521 g/mol. The Labute approximate surface area is 219 Å². The highest BCUT2D eigenvalue weighted by molar-refractivity contribution is 8.00. The molecule has 194 valence electrons. The quantitative estimate of drug-likeness (QED) is 0.111. The van der Waals surface area contributed by atoms with E-state index < -0.39 is 28.0 Å². The number of benzene rings is 3. The van der Waals surface area contributed by atoms with Gasteiger partial charge in [-0.2, -0.15) is 13.2 Å². The van der Waals surface area contributed by atoms with E-state index in [9.17, 15) is 28.1 Å². The van der Waals surface area contributed by atoms with E-state index in [4.69, 9.17) is 4.74 Å². The summed E-state index contributed by atoms with van der Waals surface area (Å²) in [5.41, 5.74) is -0.852. The highest BCUT2D eigenvalue weighted by Gasteiger charge is 2.34. The third-order valence-corrected chi connectivity index (χ3v) is 6.03. The zero-order valence-electron chi connectivity index (χ0n) is 19.7. The number of non-ortho nitro benzene ring substituents is 1. The van der Waals surface area contributed by atoms with Gasteiger partial charge < -0.3 is 10.1 Å². The molecule has 1 amide bonds. The number of nitrogens with one attached hydrogen (secondary N) is 1. The third-order valence-electron chi connectivity index (χ3n) is 5.07. The van der Waals surface area contributed by atoms with Gasteiger partial charge in [-0.15, -0.1) is 0 Å². The lowest BCUT2D eigenvalue weighted by Crippen LogP contribution is -2.23. The number of carbonyl (C=O) groups is 1. The average Bonchev–Trinajstić information content (AvgIpc) is 2.89. The van der Waals surface area contributed by atoms with Crippen LogP contribution in [0.5, 0.6) is 11.5 Å². The van der Waals surface area contributed by atoms with Gasteiger partial charge in [0.1, 0.15) is 17.2 Å². The Morgan fingerprint density at radius 2 is 1.63 bits per heavy atom. The molecule has 3 aromatic carbocycles. The van der Waals surface area contributed by atoms with Gasteiger partial charge in [0.05, 0.1) is 27.6 Å². The highest BCUT2D eigenvalue weighted by atomic mass is 32.2. The van der Waals surface area contributed by atoms with Crippen molar-refractivity contribution < 1.29 is 27.6 Å². The van der Waals surface area contributed by atoms with E-state index in [1.807, 2.05) is 0 Å². The van der Waals surface area contributed by atoms with E-state index in [1.54, 1.807) is 60.7 Å². The van der Waals surface area contributed by atoms with Crippen LogP contribution in [-0.2, 0) is 11.0 Å². The Morgan fingerprint density at radius 3 is 2.26 bits per heavy atom. The lowest BCUT2D eigenvalue weighted by atomic mass is 10.1. The van der Waals surface area contributed by atoms with Crippen LogP contribution in [0.3, 0.4) is 0 Å². The first kappa shape index (κ1) is 26.6. The zero-order valence-corrected chi connectivity index (χ0v) is 20.5. The van der Waals surface area contributed by atoms with Crippen molar-refractivity contribution in [3.8, 4) is 22.8 Å². The van der Waals surface area contributed by atoms with Gasteiger partial charge in [0, 0.05) is 17.7 Å². The molecule has 4 aromatic rings. The number of halogens is 3. The summed E-state index contributed by atoms with van der Waals surface area (Å²) < 4.78 is 46.2. The van der Waals surface area contributed by atoms with E-state index in [0.717, 1.165) is 23.9 Å². The summed E-state index contributed by atoms with van der Waals surface area (Å²) in [7, 11) is 0. The van der Waals surface area contributed by atoms with Crippen LogP contribution in [0.2, 0.25) is 0 Å². The van der Waals surface area contributed by atoms with Crippen molar-refractivity contribution in [1.29, 1.82) is 0 Å². The molecule has 0 bridgehead atoms. The van der Waals surface area contributed by atoms with Gasteiger partial charge in [-0.25, -0.2) is 9.97 Å². The monoisotopic (exact) mass is 540 g/mol. The third kappa shape index (κ3) is 6.85. The number of nitrogens with zero attached hydrogens (tertiary/aromatic N) is 3. The van der Waals surface area contributed by atoms with Crippen LogP contribution < -0.4 is 10.1 Å². The van der Waals surface area contributed by atoms with Gasteiger partial charge in [-0.3, -0.25) is 14.9 Å². The molecule has 0 aliphatic rings. The zero-order chi connectivity index (χ0) is 27.3. The van der Waals surface area contributed by atoms with E-state index in [-0.39, 0.29) is 28.0 Å². The second-order valence-corrected chi connectivity index (χ2v) is 9.23. The minimum absolute atomic E-state index is 0.0596. The lowest BCUT2D eigenvalue weighted by Gasteiger charge is -2.14. The maximum atomic E-state index is 13.5. The van der Waals surface area contributed by atoms with Gasteiger partial charge >= 0.3 is 6.18 Å². The van der Waals surface area contributed by atoms with Gasteiger partial charge in [0.2, 0.25) is 5.91 Å². The Hall–Kier alpha value is -4.45. The first-order chi connectivity index (χ1) is 18.1. The van der Waals surface area contributed by atoms with Gasteiger partial charge in [0.25, 0.3) is 5.69 Å². The molecule has 1 aromatic heterocycles. The molecular formula is C26H19F3N4O4S. The molecule has 1 atom stereocenters. The predicted molar refractivity (Wildman–Crippen MR) is 136 cm³/mol. The fourth-order valence-electron chi connectivity index (χ4n) is 3.28. The van der Waals surface area contributed by atoms with E-state index in [2.05, 4.69) is 15.3 Å². The molecule has 38 heavy (non-hydrogen) atoms. The summed E-state index contributed by atoms with van der Waals surface area (Å²) in [4.78, 5) is 31.5. The number of alkyl halides is 3. The molecule has 0 saturated heterocycles. The minimum Gasteiger partial charge on any atom is -0.457 e. The number of aromatic nitrogens is 2. The van der Waals surface area contributed by atoms with Gasteiger partial charge in [-0.1, -0.05) is 60.3 Å². The standard InChI is InChI=1S/C26H19F3N4O4S/c1-16(38-25-31-22(17-8-4-2-5-9-17)15-23(32-25)26(27,28)29)24(34)30-18-12-19(33(35)36)14-21(13-18)37-20-10-6-3-7-11-20/h2-16H,1H3,(H,30,34)/t16-/m0/s1. The number of amides is 1. The Kier molecular flexibility index (Phi) is 7.91. The van der Waals surface area contributed by atoms with Gasteiger partial charge in [-0.05, 0) is 25.1 Å². The first-order valence-corrected chi connectivity index (χ1v) is 12.0. The first-order valence-electron chi connectivity index (χ1n) is 11.1. The molecule has 0 fully saturated rings. The van der Waals surface area contributed by atoms with E-state index in [0.29, 0.717) is 11.3 Å². The van der Waals surface area contributed by atoms with Crippen molar-refractivity contribution in [2.75, 3.05) is 5.32 Å². The molecule has 0 radical (unpaired) electrons. The second-order valence-electron chi connectivity index (χ2n) is 7.92. The Bertz CT molecular complexity index is 1450. The molecule has 12 heteroatoms. The van der Waals surface area contributed by atoms with Crippen LogP contribution >= 0.6 is 11.8 Å². The van der Waals surface area contributed by atoms with Crippen LogP contribution in [0.1, 0.15) is 12.6 Å². The molecule has 0 saturated carbocycles. The maximum absolute atomic E-state index is 13.5. The van der Waals surface area contributed by atoms with Crippen LogP contribution in [0.25, 0.3) is 11.3 Å². The maximum Gasteiger partial charge on any atom is 0.433 e. The fraction of sp³-hybridized carbons (Fsp3) is 0.115. The number of nitro benzene ring substituents is 1. The number of ether oxygens (including phenoxy) is 1. The predicted octanol–water partition coefficient (Wildman–Crippen LogP) is 6.98.